The standard InChI is InChI=1S/C26H30O6/c1-15(2)6-7-18(16(3)4)12-20-23(30)14-24(32-5)25(26(20)31)21(28)11-9-17-8-10-19(27)13-22(17)29/h6,8-11,13-14,18,27,29-31H,3,7,12H2,1-2,4-5H3/t18-/m1/s1. The van der Waals surface area contributed by atoms with Crippen LogP contribution in [-0.4, -0.2) is 33.3 Å². The molecule has 2 rings (SSSR count). The summed E-state index contributed by atoms with van der Waals surface area (Å²) >= 11 is 0. The molecule has 6 heteroatoms. The molecule has 0 fully saturated rings. The van der Waals surface area contributed by atoms with Crippen molar-refractivity contribution in [3.05, 3.63) is 70.8 Å². The maximum atomic E-state index is 12.9. The molecule has 1 atom stereocenters. The molecule has 0 unspecified atom stereocenters. The van der Waals surface area contributed by atoms with Crippen molar-refractivity contribution in [2.75, 3.05) is 7.11 Å². The second-order valence-electron chi connectivity index (χ2n) is 8.01. The van der Waals surface area contributed by atoms with E-state index in [-0.39, 0.29) is 45.8 Å². The minimum atomic E-state index is -0.566. The molecule has 0 saturated heterocycles. The Hall–Kier alpha value is -3.67. The van der Waals surface area contributed by atoms with Gasteiger partial charge in [-0.05, 0) is 63.8 Å². The van der Waals surface area contributed by atoms with E-state index in [4.69, 9.17) is 4.74 Å². The SMILES string of the molecule is C=C(C)[C@H](CC=C(C)C)Cc1c(O)cc(OC)c(C(=O)C=Cc2ccc(O)cc2O)c1O. The average Bonchev–Trinajstić information content (AvgIpc) is 2.71. The number of benzene rings is 2. The molecule has 0 bridgehead atoms. The molecule has 0 aromatic heterocycles. The third-order valence-corrected chi connectivity index (χ3v) is 5.20. The van der Waals surface area contributed by atoms with Crippen LogP contribution in [0.1, 0.15) is 48.7 Å². The quantitative estimate of drug-likeness (QED) is 0.234. The lowest BCUT2D eigenvalue weighted by Crippen LogP contribution is -2.08. The summed E-state index contributed by atoms with van der Waals surface area (Å²) < 4.78 is 5.22. The minimum Gasteiger partial charge on any atom is -0.508 e. The summed E-state index contributed by atoms with van der Waals surface area (Å²) in [7, 11) is 1.34. The molecule has 0 amide bonds. The molecule has 0 heterocycles. The largest absolute Gasteiger partial charge is 0.508 e. The van der Waals surface area contributed by atoms with E-state index in [1.165, 1.54) is 37.5 Å². The second-order valence-corrected chi connectivity index (χ2v) is 8.01. The van der Waals surface area contributed by atoms with Crippen molar-refractivity contribution in [1.82, 2.24) is 0 Å². The van der Waals surface area contributed by atoms with Crippen LogP contribution in [0.4, 0.5) is 0 Å². The summed E-state index contributed by atoms with van der Waals surface area (Å²) in [5.74, 6) is -1.39. The fraction of sp³-hybridized carbons (Fsp3) is 0.269. The Morgan fingerprint density at radius 1 is 1.09 bits per heavy atom. The van der Waals surface area contributed by atoms with Gasteiger partial charge in [-0.3, -0.25) is 4.79 Å². The summed E-state index contributed by atoms with van der Waals surface area (Å²) in [6, 6.07) is 5.30. The highest BCUT2D eigenvalue weighted by Gasteiger charge is 2.24. The van der Waals surface area contributed by atoms with Crippen LogP contribution in [0.15, 0.2) is 54.1 Å². The van der Waals surface area contributed by atoms with Crippen molar-refractivity contribution >= 4 is 11.9 Å². The van der Waals surface area contributed by atoms with E-state index >= 15 is 0 Å². The van der Waals surface area contributed by atoms with Crippen LogP contribution in [0.3, 0.4) is 0 Å². The molecule has 32 heavy (non-hydrogen) atoms. The van der Waals surface area contributed by atoms with Gasteiger partial charge >= 0.3 is 0 Å². The topological polar surface area (TPSA) is 107 Å². The first-order valence-corrected chi connectivity index (χ1v) is 10.2. The van der Waals surface area contributed by atoms with Gasteiger partial charge in [-0.15, -0.1) is 0 Å². The Bertz CT molecular complexity index is 1070. The van der Waals surface area contributed by atoms with E-state index in [2.05, 4.69) is 12.7 Å². The van der Waals surface area contributed by atoms with Gasteiger partial charge in [0.2, 0.25) is 0 Å². The van der Waals surface area contributed by atoms with Gasteiger partial charge in [-0.25, -0.2) is 0 Å². The normalized spacial score (nSPS) is 11.9. The predicted molar refractivity (Wildman–Crippen MR) is 126 cm³/mol. The number of phenols is 4. The number of hydrogen-bond donors (Lipinski definition) is 4. The van der Waals surface area contributed by atoms with Crippen LogP contribution in [0, 0.1) is 5.92 Å². The van der Waals surface area contributed by atoms with Crippen molar-refractivity contribution in [3.63, 3.8) is 0 Å². The number of ether oxygens (including phenoxy) is 1. The van der Waals surface area contributed by atoms with Crippen molar-refractivity contribution in [2.24, 2.45) is 5.92 Å². The van der Waals surface area contributed by atoms with Gasteiger partial charge in [-0.2, -0.15) is 0 Å². The molecule has 0 spiro atoms. The van der Waals surface area contributed by atoms with Gasteiger partial charge in [-0.1, -0.05) is 23.8 Å². The first-order chi connectivity index (χ1) is 15.0. The smallest absolute Gasteiger partial charge is 0.193 e. The lowest BCUT2D eigenvalue weighted by atomic mass is 9.88. The third-order valence-electron chi connectivity index (χ3n) is 5.20. The summed E-state index contributed by atoms with van der Waals surface area (Å²) in [5.41, 5.74) is 2.52. The van der Waals surface area contributed by atoms with E-state index < -0.39 is 5.78 Å². The predicted octanol–water partition coefficient (Wildman–Crippen LogP) is 5.50. The zero-order valence-electron chi connectivity index (χ0n) is 18.8. The number of methoxy groups -OCH3 is 1. The first kappa shape index (κ1) is 24.6. The maximum absolute atomic E-state index is 12.9. The molecular formula is C26H30O6. The van der Waals surface area contributed by atoms with Gasteiger partial charge < -0.3 is 25.2 Å². The van der Waals surface area contributed by atoms with E-state index in [9.17, 15) is 25.2 Å². The Morgan fingerprint density at radius 2 is 1.78 bits per heavy atom. The molecule has 0 radical (unpaired) electrons. The summed E-state index contributed by atoms with van der Waals surface area (Å²) in [6.45, 7) is 9.90. The number of hydrogen-bond acceptors (Lipinski definition) is 6. The zero-order chi connectivity index (χ0) is 24.0. The van der Waals surface area contributed by atoms with Crippen molar-refractivity contribution in [2.45, 2.75) is 33.6 Å². The summed E-state index contributed by atoms with van der Waals surface area (Å²) in [6.07, 6.45) is 5.60. The molecular weight excluding hydrogens is 408 g/mol. The number of allylic oxidation sites excluding steroid dienone is 4. The fourth-order valence-corrected chi connectivity index (χ4v) is 3.28. The average molecular weight is 439 g/mol. The van der Waals surface area contributed by atoms with Crippen LogP contribution >= 0.6 is 0 Å². The Morgan fingerprint density at radius 3 is 2.34 bits per heavy atom. The van der Waals surface area contributed by atoms with Crippen molar-refractivity contribution in [3.8, 4) is 28.7 Å². The highest BCUT2D eigenvalue weighted by molar-refractivity contribution is 6.11. The monoisotopic (exact) mass is 438 g/mol. The van der Waals surface area contributed by atoms with Crippen LogP contribution < -0.4 is 4.74 Å². The molecule has 6 nitrogen and oxygen atoms in total. The lowest BCUT2D eigenvalue weighted by Gasteiger charge is -2.19. The molecule has 0 saturated carbocycles. The van der Waals surface area contributed by atoms with Gasteiger partial charge in [0.05, 0.1) is 7.11 Å². The second kappa shape index (κ2) is 10.6. The molecule has 170 valence electrons. The minimum absolute atomic E-state index is 0.0319. The molecule has 2 aromatic rings. The number of aromatic hydroxyl groups is 4. The third kappa shape index (κ3) is 5.94. The zero-order valence-corrected chi connectivity index (χ0v) is 18.8. The first-order valence-electron chi connectivity index (χ1n) is 10.2. The molecule has 0 aliphatic rings. The van der Waals surface area contributed by atoms with Gasteiger partial charge in [0.25, 0.3) is 0 Å². The van der Waals surface area contributed by atoms with Crippen LogP contribution in [0.25, 0.3) is 6.08 Å². The van der Waals surface area contributed by atoms with E-state index in [0.29, 0.717) is 18.4 Å². The number of rotatable bonds is 9. The number of phenolic OH excluding ortho intramolecular Hbond substituents is 4. The van der Waals surface area contributed by atoms with Gasteiger partial charge in [0.15, 0.2) is 5.78 Å². The molecule has 0 aliphatic heterocycles. The van der Waals surface area contributed by atoms with E-state index in [0.717, 1.165) is 17.2 Å². The molecule has 2 aromatic carbocycles. The van der Waals surface area contributed by atoms with Crippen molar-refractivity contribution in [1.29, 1.82) is 0 Å². The van der Waals surface area contributed by atoms with Gasteiger partial charge in [0, 0.05) is 23.3 Å². The summed E-state index contributed by atoms with van der Waals surface area (Å²) in [5, 5.41) is 40.8. The van der Waals surface area contributed by atoms with Crippen LogP contribution in [-0.2, 0) is 6.42 Å². The van der Waals surface area contributed by atoms with Crippen LogP contribution in [0.5, 0.6) is 28.7 Å². The summed E-state index contributed by atoms with van der Waals surface area (Å²) in [4.78, 5) is 12.9. The van der Waals surface area contributed by atoms with Gasteiger partial charge in [0.1, 0.15) is 34.3 Å². The van der Waals surface area contributed by atoms with E-state index in [1.807, 2.05) is 20.8 Å². The Balaban J connectivity index is 2.46. The number of ketones is 1. The lowest BCUT2D eigenvalue weighted by molar-refractivity contribution is 0.104. The Labute approximate surface area is 188 Å². The Kier molecular flexibility index (Phi) is 8.13. The molecule has 0 aliphatic carbocycles. The van der Waals surface area contributed by atoms with E-state index in [1.54, 1.807) is 0 Å². The number of carbonyl (C=O) groups is 1. The fourth-order valence-electron chi connectivity index (χ4n) is 3.28. The van der Waals surface area contributed by atoms with Crippen molar-refractivity contribution < 1.29 is 30.0 Å². The molecule has 4 N–H and O–H groups in total. The number of carbonyl (C=O) groups excluding carboxylic acids is 1. The highest BCUT2D eigenvalue weighted by atomic mass is 16.5. The maximum Gasteiger partial charge on any atom is 0.193 e. The van der Waals surface area contributed by atoms with Crippen LogP contribution in [0.2, 0.25) is 0 Å². The highest BCUT2D eigenvalue weighted by Crippen LogP contribution is 2.41.